The molecule has 2 aliphatic rings. The first kappa shape index (κ1) is 27.0. The minimum atomic E-state index is -0.357. The number of hydrogen-bond acceptors (Lipinski definition) is 6. The maximum Gasteiger partial charge on any atom is 0.320 e. The van der Waals surface area contributed by atoms with E-state index in [1.165, 1.54) is 26.4 Å². The number of halogens is 1. The van der Waals surface area contributed by atoms with E-state index < -0.39 is 0 Å². The molecule has 0 amide bonds. The number of terminal acetylenes is 1. The summed E-state index contributed by atoms with van der Waals surface area (Å²) < 4.78 is 21.8. The maximum atomic E-state index is 14.4. The number of benzene rings is 2. The first-order valence-electron chi connectivity index (χ1n) is 12.2. The van der Waals surface area contributed by atoms with Gasteiger partial charge < -0.3 is 19.2 Å². The van der Waals surface area contributed by atoms with Crippen molar-refractivity contribution in [3.05, 3.63) is 53.1 Å². The summed E-state index contributed by atoms with van der Waals surface area (Å²) in [4.78, 5) is 21.3. The molecule has 5 rings (SSSR count). The van der Waals surface area contributed by atoms with Gasteiger partial charge in [0.15, 0.2) is 11.6 Å². The smallest absolute Gasteiger partial charge is 0.320 e. The number of fused-ring (bicyclic) bond motifs is 3. The molecule has 2 heterocycles. The molecule has 1 aliphatic carbocycles. The number of hydroxylamine groups is 1. The molecule has 0 bridgehead atoms. The molecular formula is C28H34FN3O4. The Hall–Kier alpha value is -3.57. The van der Waals surface area contributed by atoms with Gasteiger partial charge in [-0.15, -0.1) is 12.8 Å². The highest BCUT2D eigenvalue weighted by atomic mass is 19.1. The van der Waals surface area contributed by atoms with Crippen LogP contribution in [0.5, 0.6) is 5.75 Å². The molecule has 192 valence electrons. The number of carbonyl (C=O) groups is 1. The number of ether oxygens (including phenoxy) is 1. The highest BCUT2D eigenvalue weighted by Gasteiger charge is 2.27. The van der Waals surface area contributed by atoms with Gasteiger partial charge >= 0.3 is 6.47 Å². The van der Waals surface area contributed by atoms with Crippen LogP contribution in [0.25, 0.3) is 11.0 Å². The lowest BCUT2D eigenvalue weighted by Gasteiger charge is -2.28. The summed E-state index contributed by atoms with van der Waals surface area (Å²) in [7, 11) is 2.47. The predicted octanol–water partition coefficient (Wildman–Crippen LogP) is 4.98. The van der Waals surface area contributed by atoms with Gasteiger partial charge in [-0.2, -0.15) is 0 Å². The Balaban J connectivity index is 0.000000861. The standard InChI is InChI=1S/C25H28FN3O3.C2H2.CH4O/c1-31-23-12-9-17(14-20(23)26)15-24-27-25-19-8-5-13-28(32-16-30)21(19)10-11-22(25)29(24)18-6-3-2-4-7-18;2*1-2/h9-12,14,16,18H,2-8,13,15H2,1H3;1-2H;2H,1H3. The number of hydrogen-bond donors (Lipinski definition) is 1. The van der Waals surface area contributed by atoms with Crippen molar-refractivity contribution in [2.45, 2.75) is 57.4 Å². The molecule has 0 unspecified atom stereocenters. The van der Waals surface area contributed by atoms with Gasteiger partial charge in [0.1, 0.15) is 5.82 Å². The number of carbonyl (C=O) groups excluding carboxylic acids is 1. The largest absolute Gasteiger partial charge is 0.494 e. The Morgan fingerprint density at radius 1 is 1.14 bits per heavy atom. The molecular weight excluding hydrogens is 461 g/mol. The molecule has 36 heavy (non-hydrogen) atoms. The predicted molar refractivity (Wildman–Crippen MR) is 138 cm³/mol. The summed E-state index contributed by atoms with van der Waals surface area (Å²) in [6.45, 7) is 1.15. The van der Waals surface area contributed by atoms with Crippen LogP contribution in [-0.2, 0) is 22.5 Å². The van der Waals surface area contributed by atoms with Crippen molar-refractivity contribution in [3.63, 3.8) is 0 Å². The summed E-state index contributed by atoms with van der Waals surface area (Å²) >= 11 is 0. The fraction of sp³-hybridized carbons (Fsp3) is 0.429. The zero-order chi connectivity index (χ0) is 26.1. The van der Waals surface area contributed by atoms with Crippen LogP contribution < -0.4 is 9.80 Å². The van der Waals surface area contributed by atoms with Crippen LogP contribution in [0.3, 0.4) is 0 Å². The molecule has 7 nitrogen and oxygen atoms in total. The number of imidazole rings is 1. The second kappa shape index (κ2) is 12.9. The average molecular weight is 496 g/mol. The van der Waals surface area contributed by atoms with E-state index in [2.05, 4.69) is 23.5 Å². The number of aromatic nitrogens is 2. The Morgan fingerprint density at radius 2 is 1.89 bits per heavy atom. The molecule has 1 aromatic heterocycles. The highest BCUT2D eigenvalue weighted by Crippen LogP contribution is 2.38. The topological polar surface area (TPSA) is 76.8 Å². The number of aryl methyl sites for hydroxylation is 1. The summed E-state index contributed by atoms with van der Waals surface area (Å²) in [5.41, 5.74) is 4.98. The molecule has 0 radical (unpaired) electrons. The van der Waals surface area contributed by atoms with Gasteiger partial charge in [0, 0.05) is 25.1 Å². The number of rotatable bonds is 6. The third-order valence-electron chi connectivity index (χ3n) is 6.76. The molecule has 2 aromatic carbocycles. The highest BCUT2D eigenvalue weighted by molar-refractivity contribution is 5.86. The van der Waals surface area contributed by atoms with Crippen molar-refractivity contribution in [1.29, 1.82) is 0 Å². The number of nitrogens with zero attached hydrogens (tertiary/aromatic N) is 3. The van der Waals surface area contributed by atoms with Gasteiger partial charge in [-0.25, -0.2) is 14.4 Å². The zero-order valence-electron chi connectivity index (χ0n) is 21.0. The van der Waals surface area contributed by atoms with Crippen molar-refractivity contribution in [1.82, 2.24) is 9.55 Å². The van der Waals surface area contributed by atoms with E-state index in [4.69, 9.17) is 19.7 Å². The van der Waals surface area contributed by atoms with Gasteiger partial charge in [0.05, 0.1) is 30.4 Å². The van der Waals surface area contributed by atoms with Crippen molar-refractivity contribution in [2.75, 3.05) is 25.8 Å². The van der Waals surface area contributed by atoms with Crippen LogP contribution in [0.15, 0.2) is 30.3 Å². The monoisotopic (exact) mass is 495 g/mol. The van der Waals surface area contributed by atoms with Gasteiger partial charge in [-0.1, -0.05) is 25.3 Å². The van der Waals surface area contributed by atoms with E-state index in [9.17, 15) is 9.18 Å². The van der Waals surface area contributed by atoms with E-state index in [0.29, 0.717) is 25.5 Å². The Labute approximate surface area is 211 Å². The fourth-order valence-corrected chi connectivity index (χ4v) is 5.29. The second-order valence-corrected chi connectivity index (χ2v) is 8.67. The van der Waals surface area contributed by atoms with Crippen LogP contribution in [-0.4, -0.2) is 41.9 Å². The van der Waals surface area contributed by atoms with E-state index in [1.807, 2.05) is 12.1 Å². The number of aliphatic hydroxyl groups is 1. The molecule has 8 heteroatoms. The van der Waals surface area contributed by atoms with Crippen LogP contribution in [0.4, 0.5) is 10.1 Å². The minimum absolute atomic E-state index is 0.249. The third kappa shape index (κ3) is 5.47. The molecule has 1 fully saturated rings. The van der Waals surface area contributed by atoms with Crippen molar-refractivity contribution in [2.24, 2.45) is 0 Å². The Bertz CT molecular complexity index is 1180. The molecule has 3 aromatic rings. The van der Waals surface area contributed by atoms with E-state index in [-0.39, 0.29) is 11.6 Å². The third-order valence-corrected chi connectivity index (χ3v) is 6.76. The molecule has 1 N–H and O–H groups in total. The van der Waals surface area contributed by atoms with Gasteiger partial charge in [0.25, 0.3) is 0 Å². The molecule has 0 spiro atoms. The molecule has 1 aliphatic heterocycles. The Kier molecular flexibility index (Phi) is 9.71. The minimum Gasteiger partial charge on any atom is -0.494 e. The zero-order valence-corrected chi connectivity index (χ0v) is 21.0. The lowest BCUT2D eigenvalue weighted by atomic mass is 9.94. The van der Waals surface area contributed by atoms with E-state index in [0.717, 1.165) is 66.5 Å². The summed E-state index contributed by atoms with van der Waals surface area (Å²) in [5.74, 6) is 0.849. The lowest BCUT2D eigenvalue weighted by molar-refractivity contribution is -0.130. The fourth-order valence-electron chi connectivity index (χ4n) is 5.29. The van der Waals surface area contributed by atoms with Crippen LogP contribution in [0.1, 0.15) is 61.5 Å². The Morgan fingerprint density at radius 3 is 2.56 bits per heavy atom. The average Bonchev–Trinajstić information content (AvgIpc) is 3.30. The van der Waals surface area contributed by atoms with Crippen LogP contribution in [0, 0.1) is 18.7 Å². The van der Waals surface area contributed by atoms with Crippen LogP contribution in [0.2, 0.25) is 0 Å². The quantitative estimate of drug-likeness (QED) is 0.384. The first-order chi connectivity index (χ1) is 17.7. The summed E-state index contributed by atoms with van der Waals surface area (Å²) in [5, 5.41) is 8.66. The lowest BCUT2D eigenvalue weighted by Crippen LogP contribution is -2.29. The van der Waals surface area contributed by atoms with Crippen molar-refractivity contribution < 1.29 is 23.9 Å². The number of anilines is 1. The summed E-state index contributed by atoms with van der Waals surface area (Å²) in [6, 6.07) is 9.66. The molecule has 1 saturated carbocycles. The van der Waals surface area contributed by atoms with Gasteiger partial charge in [-0.05, 0) is 55.5 Å². The van der Waals surface area contributed by atoms with Crippen LogP contribution >= 0.6 is 0 Å². The van der Waals surface area contributed by atoms with E-state index in [1.54, 1.807) is 17.2 Å². The van der Waals surface area contributed by atoms with Crippen molar-refractivity contribution >= 4 is 23.2 Å². The normalized spacial score (nSPS) is 15.1. The second-order valence-electron chi connectivity index (χ2n) is 8.67. The molecule has 0 atom stereocenters. The number of methoxy groups -OCH3 is 1. The van der Waals surface area contributed by atoms with Gasteiger partial charge in [0.2, 0.25) is 0 Å². The summed E-state index contributed by atoms with van der Waals surface area (Å²) in [6.07, 6.45) is 16.3. The molecule has 0 saturated heterocycles. The van der Waals surface area contributed by atoms with Gasteiger partial charge in [-0.3, -0.25) is 4.79 Å². The van der Waals surface area contributed by atoms with E-state index >= 15 is 0 Å². The maximum absolute atomic E-state index is 14.4. The first-order valence-corrected chi connectivity index (χ1v) is 12.2. The SMILES string of the molecule is C#C.CO.COc1ccc(Cc2nc3c4c(ccc3n2C2CCCCC2)N(OC=O)CCC4)cc1F. The number of aliphatic hydroxyl groups excluding tert-OH is 1. The van der Waals surface area contributed by atoms with Crippen molar-refractivity contribution in [3.8, 4) is 18.6 Å².